The first kappa shape index (κ1) is 19.0. The highest BCUT2D eigenvalue weighted by Gasteiger charge is 2.13. The summed E-state index contributed by atoms with van der Waals surface area (Å²) in [6.07, 6.45) is 0.789. The predicted octanol–water partition coefficient (Wildman–Crippen LogP) is 1.15. The van der Waals surface area contributed by atoms with Gasteiger partial charge in [0.05, 0.1) is 23.2 Å². The van der Waals surface area contributed by atoms with Crippen molar-refractivity contribution in [3.8, 4) is 0 Å². The molecule has 2 amide bonds. The molecule has 0 aliphatic heterocycles. The molecule has 1 heterocycles. The number of thioether (sulfide) groups is 1. The van der Waals surface area contributed by atoms with Crippen LogP contribution in [0.15, 0.2) is 34.2 Å². The number of nitrogens with one attached hydrogen (secondary N) is 2. The number of fused-ring (bicyclic) bond motifs is 1. The number of benzene rings is 1. The zero-order valence-electron chi connectivity index (χ0n) is 14.4. The van der Waals surface area contributed by atoms with Gasteiger partial charge in [0, 0.05) is 13.1 Å². The number of hydrogen-bond acceptors (Lipinski definition) is 5. The second kappa shape index (κ2) is 9.22. The van der Waals surface area contributed by atoms with Crippen LogP contribution in [0.1, 0.15) is 20.3 Å². The lowest BCUT2D eigenvalue weighted by atomic mass is 10.2. The van der Waals surface area contributed by atoms with E-state index in [9.17, 15) is 14.4 Å². The van der Waals surface area contributed by atoms with Crippen molar-refractivity contribution in [2.45, 2.75) is 32.0 Å². The molecular weight excluding hydrogens is 340 g/mol. The number of aromatic nitrogens is 2. The van der Waals surface area contributed by atoms with Crippen molar-refractivity contribution in [2.75, 3.05) is 18.8 Å². The van der Waals surface area contributed by atoms with E-state index >= 15 is 0 Å². The molecule has 0 bridgehead atoms. The highest BCUT2D eigenvalue weighted by molar-refractivity contribution is 7.99. The Hall–Kier alpha value is -2.35. The summed E-state index contributed by atoms with van der Waals surface area (Å²) in [6, 6.07) is 7.17. The van der Waals surface area contributed by atoms with Crippen molar-refractivity contribution in [2.24, 2.45) is 0 Å². The van der Waals surface area contributed by atoms with Gasteiger partial charge < -0.3 is 10.6 Å². The molecule has 0 aliphatic carbocycles. The fourth-order valence-electron chi connectivity index (χ4n) is 2.30. The molecule has 8 heteroatoms. The van der Waals surface area contributed by atoms with E-state index in [1.807, 2.05) is 26.0 Å². The number of carbonyl (C=O) groups excluding carboxylic acids is 2. The van der Waals surface area contributed by atoms with E-state index in [4.69, 9.17) is 0 Å². The number of rotatable bonds is 8. The van der Waals surface area contributed by atoms with Crippen LogP contribution in [-0.4, -0.2) is 40.2 Å². The molecule has 0 saturated carbocycles. The molecule has 7 nitrogen and oxygen atoms in total. The van der Waals surface area contributed by atoms with Crippen molar-refractivity contribution in [3.63, 3.8) is 0 Å². The number of amides is 2. The Balaban J connectivity index is 2.11. The van der Waals surface area contributed by atoms with Crippen molar-refractivity contribution >= 4 is 34.5 Å². The molecule has 2 rings (SSSR count). The molecule has 0 saturated heterocycles. The lowest BCUT2D eigenvalue weighted by Crippen LogP contribution is -2.37. The molecule has 25 heavy (non-hydrogen) atoms. The van der Waals surface area contributed by atoms with Crippen LogP contribution in [0, 0.1) is 0 Å². The van der Waals surface area contributed by atoms with Crippen LogP contribution in [-0.2, 0) is 16.1 Å². The van der Waals surface area contributed by atoms with Gasteiger partial charge in [0.2, 0.25) is 11.8 Å². The Morgan fingerprint density at radius 2 is 1.92 bits per heavy atom. The zero-order valence-corrected chi connectivity index (χ0v) is 15.2. The third kappa shape index (κ3) is 5.06. The Labute approximate surface area is 150 Å². The summed E-state index contributed by atoms with van der Waals surface area (Å²) in [5, 5.41) is 6.25. The third-order valence-corrected chi connectivity index (χ3v) is 4.40. The average Bonchev–Trinajstić information content (AvgIpc) is 2.61. The molecule has 0 unspecified atom stereocenters. The van der Waals surface area contributed by atoms with Gasteiger partial charge in [0.15, 0.2) is 5.16 Å². The highest BCUT2D eigenvalue weighted by atomic mass is 32.2. The summed E-state index contributed by atoms with van der Waals surface area (Å²) in [7, 11) is 0. The molecule has 0 atom stereocenters. The summed E-state index contributed by atoms with van der Waals surface area (Å²) >= 11 is 1.20. The highest BCUT2D eigenvalue weighted by Crippen LogP contribution is 2.17. The maximum atomic E-state index is 12.6. The van der Waals surface area contributed by atoms with E-state index in [0.29, 0.717) is 29.1 Å². The lowest BCUT2D eigenvalue weighted by Gasteiger charge is -2.12. The summed E-state index contributed by atoms with van der Waals surface area (Å²) in [6.45, 7) is 4.80. The monoisotopic (exact) mass is 362 g/mol. The minimum absolute atomic E-state index is 0.0554. The number of para-hydroxylation sites is 1. The second-order valence-electron chi connectivity index (χ2n) is 5.39. The fraction of sp³-hybridized carbons (Fsp3) is 0.412. The Kier molecular flexibility index (Phi) is 7.00. The summed E-state index contributed by atoms with van der Waals surface area (Å²) in [4.78, 5) is 40.4. The van der Waals surface area contributed by atoms with Crippen LogP contribution in [0.3, 0.4) is 0 Å². The Bertz CT molecular complexity index is 819. The smallest absolute Gasteiger partial charge is 0.262 e. The quantitative estimate of drug-likeness (QED) is 0.543. The molecule has 0 fully saturated rings. The lowest BCUT2D eigenvalue weighted by molar-refractivity contribution is -0.124. The Morgan fingerprint density at radius 1 is 1.16 bits per heavy atom. The van der Waals surface area contributed by atoms with Gasteiger partial charge in [-0.2, -0.15) is 0 Å². The van der Waals surface area contributed by atoms with E-state index in [1.54, 1.807) is 16.7 Å². The maximum absolute atomic E-state index is 12.6. The van der Waals surface area contributed by atoms with Gasteiger partial charge in [-0.1, -0.05) is 30.8 Å². The van der Waals surface area contributed by atoms with Crippen molar-refractivity contribution in [1.82, 2.24) is 20.2 Å². The largest absolute Gasteiger partial charge is 0.355 e. The second-order valence-corrected chi connectivity index (χ2v) is 6.33. The van der Waals surface area contributed by atoms with Gasteiger partial charge in [0.25, 0.3) is 5.56 Å². The summed E-state index contributed by atoms with van der Waals surface area (Å²) in [5.41, 5.74) is 0.516. The van der Waals surface area contributed by atoms with E-state index in [2.05, 4.69) is 15.6 Å². The topological polar surface area (TPSA) is 93.1 Å². The molecule has 1 aromatic heterocycles. The molecule has 0 radical (unpaired) electrons. The molecule has 0 spiro atoms. The van der Waals surface area contributed by atoms with Crippen LogP contribution in [0.5, 0.6) is 0 Å². The molecule has 0 aliphatic rings. The summed E-state index contributed by atoms with van der Waals surface area (Å²) in [5.74, 6) is -0.414. The average molecular weight is 362 g/mol. The fourth-order valence-corrected chi connectivity index (χ4v) is 3.15. The van der Waals surface area contributed by atoms with Crippen molar-refractivity contribution in [3.05, 3.63) is 34.6 Å². The van der Waals surface area contributed by atoms with Gasteiger partial charge in [-0.3, -0.25) is 19.0 Å². The SMILES string of the molecule is CCCn1c(SCC(=O)NCC(=O)NCC)nc2ccccc2c1=O. The van der Waals surface area contributed by atoms with Crippen LogP contribution >= 0.6 is 11.8 Å². The zero-order chi connectivity index (χ0) is 18.2. The van der Waals surface area contributed by atoms with Gasteiger partial charge in [0.1, 0.15) is 0 Å². The van der Waals surface area contributed by atoms with Gasteiger partial charge >= 0.3 is 0 Å². The number of likely N-dealkylation sites (N-methyl/N-ethyl adjacent to an activating group) is 1. The third-order valence-electron chi connectivity index (χ3n) is 3.43. The first-order valence-corrected chi connectivity index (χ1v) is 9.21. The number of nitrogens with zero attached hydrogens (tertiary/aromatic N) is 2. The van der Waals surface area contributed by atoms with Gasteiger partial charge in [-0.25, -0.2) is 4.98 Å². The number of carbonyl (C=O) groups is 2. The van der Waals surface area contributed by atoms with Crippen LogP contribution in [0.2, 0.25) is 0 Å². The molecule has 1 aromatic carbocycles. The normalized spacial score (nSPS) is 10.6. The Morgan fingerprint density at radius 3 is 2.64 bits per heavy atom. The van der Waals surface area contributed by atoms with E-state index in [-0.39, 0.29) is 29.7 Å². The predicted molar refractivity (Wildman–Crippen MR) is 98.7 cm³/mol. The number of hydrogen-bond donors (Lipinski definition) is 2. The van der Waals surface area contributed by atoms with Gasteiger partial charge in [-0.05, 0) is 25.5 Å². The van der Waals surface area contributed by atoms with Crippen molar-refractivity contribution < 1.29 is 9.59 Å². The van der Waals surface area contributed by atoms with E-state index < -0.39 is 0 Å². The maximum Gasteiger partial charge on any atom is 0.262 e. The molecule has 134 valence electrons. The van der Waals surface area contributed by atoms with Crippen LogP contribution in [0.25, 0.3) is 10.9 Å². The molecule has 2 N–H and O–H groups in total. The molecular formula is C17H22N4O3S. The standard InChI is InChI=1S/C17H22N4O3S/c1-3-9-21-16(24)12-7-5-6-8-13(12)20-17(21)25-11-15(23)19-10-14(22)18-4-2/h5-8H,3-4,9-11H2,1-2H3,(H,18,22)(H,19,23). The minimum atomic E-state index is -0.276. The van der Waals surface area contributed by atoms with E-state index in [1.165, 1.54) is 11.8 Å². The summed E-state index contributed by atoms with van der Waals surface area (Å²) < 4.78 is 1.60. The first-order valence-electron chi connectivity index (χ1n) is 8.22. The first-order chi connectivity index (χ1) is 12.1. The van der Waals surface area contributed by atoms with E-state index in [0.717, 1.165) is 6.42 Å². The van der Waals surface area contributed by atoms with Crippen LogP contribution in [0.4, 0.5) is 0 Å². The van der Waals surface area contributed by atoms with Crippen molar-refractivity contribution in [1.29, 1.82) is 0 Å². The van der Waals surface area contributed by atoms with Crippen LogP contribution < -0.4 is 16.2 Å². The molecule has 2 aromatic rings. The van der Waals surface area contributed by atoms with Gasteiger partial charge in [-0.15, -0.1) is 0 Å². The minimum Gasteiger partial charge on any atom is -0.355 e.